The monoisotopic (exact) mass is 484 g/mol. The predicted molar refractivity (Wildman–Crippen MR) is 129 cm³/mol. The number of carbonyl (C=O) groups excluding carboxylic acids is 2. The lowest BCUT2D eigenvalue weighted by atomic mass is 10.1. The average Bonchev–Trinajstić information content (AvgIpc) is 2.83. The van der Waals surface area contributed by atoms with Crippen LogP contribution in [0.5, 0.6) is 0 Å². The van der Waals surface area contributed by atoms with Gasteiger partial charge in [-0.15, -0.1) is 0 Å². The van der Waals surface area contributed by atoms with Gasteiger partial charge in [-0.3, -0.25) is 9.59 Å². The number of carbonyl (C=O) groups is 2. The van der Waals surface area contributed by atoms with E-state index in [1.807, 2.05) is 29.7 Å². The molecule has 0 fully saturated rings. The van der Waals surface area contributed by atoms with Gasteiger partial charge in [-0.05, 0) is 46.4 Å². The molecule has 0 saturated carbocycles. The molecule has 2 aromatic carbocycles. The summed E-state index contributed by atoms with van der Waals surface area (Å²) < 4.78 is 25.5. The molecule has 172 valence electrons. The van der Waals surface area contributed by atoms with E-state index in [-0.39, 0.29) is 17.0 Å². The molecule has 3 rings (SSSR count). The maximum atomic E-state index is 12.4. The average molecular weight is 485 g/mol. The Morgan fingerprint density at radius 2 is 1.85 bits per heavy atom. The van der Waals surface area contributed by atoms with Gasteiger partial charge >= 0.3 is 0 Å². The molecule has 2 amide bonds. The van der Waals surface area contributed by atoms with Gasteiger partial charge in [0.25, 0.3) is 5.91 Å². The van der Waals surface area contributed by atoms with Crippen LogP contribution >= 0.6 is 11.8 Å². The van der Waals surface area contributed by atoms with Gasteiger partial charge in [0.2, 0.25) is 15.9 Å². The number of thioether (sulfide) groups is 1. The van der Waals surface area contributed by atoms with Crippen LogP contribution in [0.4, 0.5) is 0 Å². The molecular weight excluding hydrogens is 460 g/mol. The molecule has 10 heteroatoms. The fraction of sp³-hybridized carbons (Fsp3) is 0.174. The summed E-state index contributed by atoms with van der Waals surface area (Å²) in [5.41, 5.74) is 11.8. The number of allylic oxidation sites excluding steroid dienone is 2. The highest BCUT2D eigenvalue weighted by molar-refractivity contribution is 8.06. The van der Waals surface area contributed by atoms with Gasteiger partial charge in [-0.1, -0.05) is 47.8 Å². The Morgan fingerprint density at radius 1 is 1.12 bits per heavy atom. The predicted octanol–water partition coefficient (Wildman–Crippen LogP) is 2.03. The lowest BCUT2D eigenvalue weighted by Gasteiger charge is -2.13. The Hall–Kier alpha value is -3.14. The minimum absolute atomic E-state index is 0.00115. The van der Waals surface area contributed by atoms with Gasteiger partial charge in [0.1, 0.15) is 5.03 Å². The molecule has 0 aliphatic carbocycles. The minimum atomic E-state index is -3.67. The second-order valence-electron chi connectivity index (χ2n) is 7.26. The van der Waals surface area contributed by atoms with E-state index in [0.29, 0.717) is 11.6 Å². The Morgan fingerprint density at radius 3 is 2.45 bits per heavy atom. The van der Waals surface area contributed by atoms with Crippen molar-refractivity contribution in [2.24, 2.45) is 5.73 Å². The number of sulfonamides is 1. The van der Waals surface area contributed by atoms with E-state index in [1.54, 1.807) is 6.08 Å². The van der Waals surface area contributed by atoms with Crippen molar-refractivity contribution in [2.45, 2.75) is 11.4 Å². The van der Waals surface area contributed by atoms with Gasteiger partial charge in [0.05, 0.1) is 11.4 Å². The van der Waals surface area contributed by atoms with Crippen LogP contribution in [0.3, 0.4) is 0 Å². The van der Waals surface area contributed by atoms with E-state index >= 15 is 0 Å². The number of hydrogen-bond acceptors (Lipinski definition) is 6. The van der Waals surface area contributed by atoms with Crippen molar-refractivity contribution >= 4 is 39.2 Å². The van der Waals surface area contributed by atoms with E-state index in [9.17, 15) is 18.0 Å². The molecule has 2 aromatic rings. The molecule has 0 unspecified atom stereocenters. The van der Waals surface area contributed by atoms with Crippen molar-refractivity contribution in [1.82, 2.24) is 14.9 Å². The molecule has 33 heavy (non-hydrogen) atoms. The van der Waals surface area contributed by atoms with Gasteiger partial charge in [-0.25, -0.2) is 12.7 Å². The Labute approximate surface area is 197 Å². The summed E-state index contributed by atoms with van der Waals surface area (Å²) in [4.78, 5) is 24.6. The molecule has 1 aliphatic heterocycles. The second kappa shape index (κ2) is 10.7. The SMILES string of the molecule is CN(C)S(=O)(=O)c1cccc(C(=O)NCC(=O)NC2=C=CC(c3ccc(CN)cc3)=CS2)c1. The van der Waals surface area contributed by atoms with Gasteiger partial charge in [0.15, 0.2) is 0 Å². The van der Waals surface area contributed by atoms with Crippen molar-refractivity contribution in [3.05, 3.63) is 87.5 Å². The van der Waals surface area contributed by atoms with E-state index in [0.717, 1.165) is 21.0 Å². The molecule has 0 spiro atoms. The van der Waals surface area contributed by atoms with Crippen LogP contribution in [0.25, 0.3) is 5.57 Å². The molecule has 0 bridgehead atoms. The van der Waals surface area contributed by atoms with Crippen molar-refractivity contribution in [2.75, 3.05) is 20.6 Å². The molecule has 0 saturated heterocycles. The van der Waals surface area contributed by atoms with Crippen LogP contribution < -0.4 is 16.4 Å². The molecular formula is C23H24N4O4S2. The zero-order valence-electron chi connectivity index (χ0n) is 18.2. The summed E-state index contributed by atoms with van der Waals surface area (Å²) >= 11 is 1.31. The molecule has 0 atom stereocenters. The van der Waals surface area contributed by atoms with Crippen molar-refractivity contribution in [1.29, 1.82) is 0 Å². The largest absolute Gasteiger partial charge is 0.343 e. The lowest BCUT2D eigenvalue weighted by Crippen LogP contribution is -2.36. The number of hydrogen-bond donors (Lipinski definition) is 3. The summed E-state index contributed by atoms with van der Waals surface area (Å²) in [6.45, 7) is 0.212. The number of nitrogens with one attached hydrogen (secondary N) is 2. The lowest BCUT2D eigenvalue weighted by molar-refractivity contribution is -0.119. The molecule has 4 N–H and O–H groups in total. The summed E-state index contributed by atoms with van der Waals surface area (Å²) in [5, 5.41) is 7.59. The van der Waals surface area contributed by atoms with Crippen LogP contribution in [0.2, 0.25) is 0 Å². The third-order valence-electron chi connectivity index (χ3n) is 4.72. The number of nitrogens with two attached hydrogens (primary N) is 1. The summed E-state index contributed by atoms with van der Waals surface area (Å²) in [7, 11) is -0.844. The molecule has 1 aliphatic rings. The third-order valence-corrected chi connectivity index (χ3v) is 7.36. The smallest absolute Gasteiger partial charge is 0.251 e. The zero-order chi connectivity index (χ0) is 24.0. The Balaban J connectivity index is 1.57. The molecule has 0 radical (unpaired) electrons. The van der Waals surface area contributed by atoms with Crippen molar-refractivity contribution in [3.8, 4) is 0 Å². The topological polar surface area (TPSA) is 122 Å². The summed E-state index contributed by atoms with van der Waals surface area (Å²) in [6, 6.07) is 13.5. The number of rotatable bonds is 8. The molecule has 1 heterocycles. The first-order valence-electron chi connectivity index (χ1n) is 9.94. The number of benzene rings is 2. The number of amides is 2. The Kier molecular flexibility index (Phi) is 7.91. The highest BCUT2D eigenvalue weighted by atomic mass is 32.2. The normalized spacial score (nSPS) is 13.3. The van der Waals surface area contributed by atoms with E-state index in [4.69, 9.17) is 5.73 Å². The van der Waals surface area contributed by atoms with Gasteiger partial charge in [-0.2, -0.15) is 0 Å². The van der Waals surface area contributed by atoms with Crippen molar-refractivity contribution in [3.63, 3.8) is 0 Å². The van der Waals surface area contributed by atoms with E-state index in [1.165, 1.54) is 50.1 Å². The fourth-order valence-electron chi connectivity index (χ4n) is 2.83. The van der Waals surface area contributed by atoms with Crippen LogP contribution in [0.15, 0.2) is 75.7 Å². The molecule has 8 nitrogen and oxygen atoms in total. The zero-order valence-corrected chi connectivity index (χ0v) is 19.8. The van der Waals surface area contributed by atoms with Crippen molar-refractivity contribution < 1.29 is 18.0 Å². The van der Waals surface area contributed by atoms with Crippen LogP contribution in [0, 0.1) is 0 Å². The Bertz CT molecular complexity index is 1260. The first-order chi connectivity index (χ1) is 15.7. The first-order valence-corrected chi connectivity index (χ1v) is 12.3. The quantitative estimate of drug-likeness (QED) is 0.493. The van der Waals surface area contributed by atoms with Crippen LogP contribution in [-0.2, 0) is 21.4 Å². The number of nitrogens with zero attached hydrogens (tertiary/aromatic N) is 1. The highest BCUT2D eigenvalue weighted by Gasteiger charge is 2.19. The second-order valence-corrected chi connectivity index (χ2v) is 10.3. The third kappa shape index (κ3) is 6.22. The van der Waals surface area contributed by atoms with Crippen LogP contribution in [-0.4, -0.2) is 45.2 Å². The first kappa shape index (κ1) is 24.5. The van der Waals surface area contributed by atoms with Gasteiger partial charge in [0, 0.05) is 26.2 Å². The fourth-order valence-corrected chi connectivity index (χ4v) is 4.52. The summed E-state index contributed by atoms with van der Waals surface area (Å²) in [6.07, 6.45) is 1.78. The van der Waals surface area contributed by atoms with E-state index in [2.05, 4.69) is 16.4 Å². The standard InChI is InChI=1S/C23H24N4O4S2/c1-27(2)33(30,31)20-5-3-4-18(12-20)23(29)25-14-21(28)26-22-11-10-19(15-32-22)17-8-6-16(13-24)7-9-17/h3-10,12,15H,13-14,24H2,1-2H3,(H,25,29)(H,26,28). The minimum Gasteiger partial charge on any atom is -0.343 e. The van der Waals surface area contributed by atoms with Crippen LogP contribution in [0.1, 0.15) is 21.5 Å². The maximum absolute atomic E-state index is 12.4. The van der Waals surface area contributed by atoms with E-state index < -0.39 is 21.8 Å². The highest BCUT2D eigenvalue weighted by Crippen LogP contribution is 2.27. The summed E-state index contributed by atoms with van der Waals surface area (Å²) in [5.74, 6) is -0.974. The van der Waals surface area contributed by atoms with Gasteiger partial charge < -0.3 is 16.4 Å². The maximum Gasteiger partial charge on any atom is 0.251 e. The molecule has 0 aromatic heterocycles.